The summed E-state index contributed by atoms with van der Waals surface area (Å²) in [6, 6.07) is 8.43. The van der Waals surface area contributed by atoms with Crippen molar-refractivity contribution in [2.75, 3.05) is 0 Å². The maximum absolute atomic E-state index is 3.46. The molecule has 1 aliphatic carbocycles. The van der Waals surface area contributed by atoms with Crippen molar-refractivity contribution >= 4 is 5.57 Å². The van der Waals surface area contributed by atoms with Gasteiger partial charge in [0.1, 0.15) is 0 Å². The van der Waals surface area contributed by atoms with Crippen LogP contribution in [-0.4, -0.2) is 0 Å². The molecule has 0 heteroatoms. The molecule has 0 atom stereocenters. The molecule has 1 aromatic carbocycles. The zero-order valence-electron chi connectivity index (χ0n) is 10.0. The second kappa shape index (κ2) is 4.38. The Morgan fingerprint density at radius 3 is 2.50 bits per heavy atom. The highest BCUT2D eigenvalue weighted by Gasteiger charge is 2.03. The third-order valence-corrected chi connectivity index (χ3v) is 2.96. The third-order valence-electron chi connectivity index (χ3n) is 2.96. The zero-order valence-corrected chi connectivity index (χ0v) is 10.0. The fourth-order valence-corrected chi connectivity index (χ4v) is 1.79. The maximum atomic E-state index is 3.46. The summed E-state index contributed by atoms with van der Waals surface area (Å²) >= 11 is 0. The molecule has 0 nitrogen and oxygen atoms in total. The molecule has 80 valence electrons. The van der Waals surface area contributed by atoms with E-state index < -0.39 is 0 Å². The fraction of sp³-hybridized carbons (Fsp3) is 0.188. The summed E-state index contributed by atoms with van der Waals surface area (Å²) in [5.74, 6) is 0. The van der Waals surface area contributed by atoms with Gasteiger partial charge in [0, 0.05) is 5.57 Å². The van der Waals surface area contributed by atoms with Gasteiger partial charge in [0.15, 0.2) is 0 Å². The molecule has 1 aliphatic rings. The lowest BCUT2D eigenvalue weighted by Crippen LogP contribution is -1.84. The van der Waals surface area contributed by atoms with E-state index in [1.54, 1.807) is 0 Å². The molecule has 0 N–H and O–H groups in total. The van der Waals surface area contributed by atoms with E-state index in [4.69, 9.17) is 0 Å². The highest BCUT2D eigenvalue weighted by molar-refractivity contribution is 5.77. The van der Waals surface area contributed by atoms with Crippen LogP contribution in [0.1, 0.15) is 25.0 Å². The molecule has 0 saturated heterocycles. The van der Waals surface area contributed by atoms with Crippen molar-refractivity contribution in [3.05, 3.63) is 70.5 Å². The van der Waals surface area contributed by atoms with Gasteiger partial charge in [-0.1, -0.05) is 36.4 Å². The van der Waals surface area contributed by atoms with Gasteiger partial charge in [0.2, 0.25) is 0 Å². The van der Waals surface area contributed by atoms with Gasteiger partial charge in [0.05, 0.1) is 0 Å². The third kappa shape index (κ3) is 2.08. The van der Waals surface area contributed by atoms with E-state index in [0.29, 0.717) is 0 Å². The van der Waals surface area contributed by atoms with Crippen LogP contribution in [0.5, 0.6) is 0 Å². The predicted octanol–water partition coefficient (Wildman–Crippen LogP) is 4.44. The summed E-state index contributed by atoms with van der Waals surface area (Å²) in [7, 11) is 0. The van der Waals surface area contributed by atoms with Crippen LogP contribution in [0.25, 0.3) is 5.57 Å². The number of hydrogen-bond donors (Lipinski definition) is 0. The molecule has 16 heavy (non-hydrogen) atoms. The van der Waals surface area contributed by atoms with Crippen molar-refractivity contribution in [1.82, 2.24) is 0 Å². The molecule has 2 rings (SSSR count). The molecule has 0 heterocycles. The van der Waals surface area contributed by atoms with Crippen molar-refractivity contribution in [2.24, 2.45) is 0 Å². The molecule has 0 amide bonds. The van der Waals surface area contributed by atoms with E-state index in [0.717, 1.165) is 0 Å². The number of benzene rings is 1. The summed E-state index contributed by atoms with van der Waals surface area (Å²) in [6.07, 6.45) is 6.36. The number of allylic oxidation sites excluding steroid dienone is 5. The molecule has 0 saturated carbocycles. The van der Waals surface area contributed by atoms with Crippen molar-refractivity contribution in [1.29, 1.82) is 0 Å². The normalized spacial score (nSPS) is 15.1. The van der Waals surface area contributed by atoms with Crippen molar-refractivity contribution in [2.45, 2.75) is 20.8 Å². The van der Waals surface area contributed by atoms with Gasteiger partial charge in [-0.15, -0.1) is 5.73 Å². The molecular formula is C16H16. The standard InChI is InChI=1S/C16H16/c1-12-8-6-9-15(11-14(12)3)16-10-5-4-7-13(16)2/h4-10H,1-3H3. The lowest BCUT2D eigenvalue weighted by molar-refractivity contribution is 1.36. The number of rotatable bonds is 1. The van der Waals surface area contributed by atoms with Gasteiger partial charge >= 0.3 is 0 Å². The van der Waals surface area contributed by atoms with E-state index in [2.05, 4.69) is 69.0 Å². The Hall–Kier alpha value is -1.78. The molecular weight excluding hydrogens is 192 g/mol. The Labute approximate surface area is 97.3 Å². The van der Waals surface area contributed by atoms with E-state index in [-0.39, 0.29) is 0 Å². The molecule has 0 unspecified atom stereocenters. The number of hydrogen-bond acceptors (Lipinski definition) is 0. The van der Waals surface area contributed by atoms with E-state index in [1.807, 2.05) is 0 Å². The van der Waals surface area contributed by atoms with Crippen LogP contribution in [0.4, 0.5) is 0 Å². The molecule has 0 spiro atoms. The summed E-state index contributed by atoms with van der Waals surface area (Å²) in [5, 5.41) is 0. The lowest BCUT2D eigenvalue weighted by Gasteiger charge is -2.03. The van der Waals surface area contributed by atoms with Gasteiger partial charge in [-0.2, -0.15) is 0 Å². The van der Waals surface area contributed by atoms with Crippen molar-refractivity contribution in [3.8, 4) is 0 Å². The summed E-state index contributed by atoms with van der Waals surface area (Å²) in [5.41, 5.74) is 9.68. The van der Waals surface area contributed by atoms with E-state index >= 15 is 0 Å². The number of aryl methyl sites for hydroxylation is 1. The highest BCUT2D eigenvalue weighted by atomic mass is 14.1. The minimum Gasteiger partial charge on any atom is -0.109 e. The first-order chi connectivity index (χ1) is 7.68. The topological polar surface area (TPSA) is 0 Å². The minimum atomic E-state index is 1.17. The minimum absolute atomic E-state index is 1.17. The Morgan fingerprint density at radius 1 is 1.00 bits per heavy atom. The van der Waals surface area contributed by atoms with Crippen LogP contribution < -0.4 is 0 Å². The lowest BCUT2D eigenvalue weighted by atomic mass is 10.0. The molecule has 0 fully saturated rings. The first-order valence-electron chi connectivity index (χ1n) is 5.57. The SMILES string of the molecule is CC1=C=C(c2ccccc2C)C=CC=C1C. The van der Waals surface area contributed by atoms with Crippen LogP contribution in [0.3, 0.4) is 0 Å². The maximum Gasteiger partial charge on any atom is 0.0242 e. The van der Waals surface area contributed by atoms with Crippen LogP contribution in [0.2, 0.25) is 0 Å². The fourth-order valence-electron chi connectivity index (χ4n) is 1.79. The van der Waals surface area contributed by atoms with Crippen LogP contribution in [0, 0.1) is 6.92 Å². The van der Waals surface area contributed by atoms with Gasteiger partial charge in [-0.25, -0.2) is 0 Å². The molecule has 0 radical (unpaired) electrons. The first-order valence-corrected chi connectivity index (χ1v) is 5.57. The van der Waals surface area contributed by atoms with E-state index in [9.17, 15) is 0 Å². The monoisotopic (exact) mass is 208 g/mol. The van der Waals surface area contributed by atoms with Gasteiger partial charge in [0.25, 0.3) is 0 Å². The summed E-state index contributed by atoms with van der Waals surface area (Å²) in [4.78, 5) is 0. The average molecular weight is 208 g/mol. The van der Waals surface area contributed by atoms with Gasteiger partial charge in [-0.05, 0) is 49.1 Å². The Balaban J connectivity index is 2.59. The zero-order chi connectivity index (χ0) is 11.5. The largest absolute Gasteiger partial charge is 0.109 e. The summed E-state index contributed by atoms with van der Waals surface area (Å²) < 4.78 is 0. The molecule has 1 aromatic rings. The van der Waals surface area contributed by atoms with Crippen molar-refractivity contribution in [3.63, 3.8) is 0 Å². The molecule has 0 aromatic heterocycles. The Bertz CT molecular complexity index is 533. The molecule has 0 bridgehead atoms. The predicted molar refractivity (Wildman–Crippen MR) is 70.2 cm³/mol. The van der Waals surface area contributed by atoms with Crippen LogP contribution >= 0.6 is 0 Å². The van der Waals surface area contributed by atoms with Gasteiger partial charge in [-0.3, -0.25) is 0 Å². The average Bonchev–Trinajstić information content (AvgIpc) is 2.43. The Kier molecular flexibility index (Phi) is 2.94. The summed E-state index contributed by atoms with van der Waals surface area (Å²) in [6.45, 7) is 6.36. The highest BCUT2D eigenvalue weighted by Crippen LogP contribution is 2.22. The smallest absolute Gasteiger partial charge is 0.0242 e. The first kappa shape index (κ1) is 10.7. The van der Waals surface area contributed by atoms with Crippen LogP contribution in [-0.2, 0) is 0 Å². The molecule has 0 aliphatic heterocycles. The second-order valence-electron chi connectivity index (χ2n) is 4.19. The van der Waals surface area contributed by atoms with Crippen molar-refractivity contribution < 1.29 is 0 Å². The second-order valence-corrected chi connectivity index (χ2v) is 4.19. The van der Waals surface area contributed by atoms with Crippen LogP contribution in [0.15, 0.2) is 59.4 Å². The van der Waals surface area contributed by atoms with E-state index in [1.165, 1.54) is 27.8 Å². The van der Waals surface area contributed by atoms with Gasteiger partial charge < -0.3 is 0 Å². The Morgan fingerprint density at radius 2 is 1.75 bits per heavy atom. The quantitative estimate of drug-likeness (QED) is 0.598.